The molecule has 0 unspecified atom stereocenters. The second-order valence-electron chi connectivity index (χ2n) is 9.71. The van der Waals surface area contributed by atoms with Gasteiger partial charge in [-0.1, -0.05) is 22.0 Å². The number of aryl methyl sites for hydroxylation is 1. The molecule has 0 radical (unpaired) electrons. The molecule has 1 saturated carbocycles. The zero-order valence-electron chi connectivity index (χ0n) is 19.4. The number of benzene rings is 1. The number of amides is 4. The van der Waals surface area contributed by atoms with Gasteiger partial charge in [-0.2, -0.15) is 13.2 Å². The SMILES string of the molecule is O=C1N[C@]2(CCc3cc(Br)ccc32)C(=O)N1CC(=O)N(Cc1ccc(F)cn1)C1(C(F)(F)F)CC(F)(F)C1. The van der Waals surface area contributed by atoms with Crippen LogP contribution < -0.4 is 5.32 Å². The highest BCUT2D eigenvalue weighted by Crippen LogP contribution is 2.57. The number of fused-ring (bicyclic) bond motifs is 2. The van der Waals surface area contributed by atoms with Crippen molar-refractivity contribution in [1.82, 2.24) is 20.1 Å². The molecule has 1 spiro atoms. The maximum absolute atomic E-state index is 14.2. The van der Waals surface area contributed by atoms with Gasteiger partial charge in [0.15, 0.2) is 0 Å². The molecular weight excluding hydrogens is 586 g/mol. The quantitative estimate of drug-likeness (QED) is 0.404. The molecule has 38 heavy (non-hydrogen) atoms. The molecule has 1 aliphatic heterocycles. The van der Waals surface area contributed by atoms with E-state index in [2.05, 4.69) is 26.2 Å². The van der Waals surface area contributed by atoms with E-state index in [9.17, 15) is 40.7 Å². The van der Waals surface area contributed by atoms with Gasteiger partial charge in [0.05, 0.1) is 18.4 Å². The summed E-state index contributed by atoms with van der Waals surface area (Å²) in [6.45, 7) is -2.00. The largest absolute Gasteiger partial charge is 0.412 e. The second kappa shape index (κ2) is 8.68. The van der Waals surface area contributed by atoms with E-state index in [4.69, 9.17) is 0 Å². The van der Waals surface area contributed by atoms with Crippen molar-refractivity contribution in [3.05, 3.63) is 63.6 Å². The van der Waals surface area contributed by atoms with Crippen LogP contribution in [-0.4, -0.2) is 56.8 Å². The van der Waals surface area contributed by atoms with Gasteiger partial charge >= 0.3 is 12.2 Å². The fraction of sp³-hybridized carbons (Fsp3) is 0.417. The zero-order chi connectivity index (χ0) is 27.7. The van der Waals surface area contributed by atoms with Crippen molar-refractivity contribution in [2.24, 2.45) is 0 Å². The fourth-order valence-electron chi connectivity index (χ4n) is 5.47. The number of nitrogens with zero attached hydrogens (tertiary/aromatic N) is 3. The number of imide groups is 1. The van der Waals surface area contributed by atoms with Gasteiger partial charge in [-0.05, 0) is 48.2 Å². The third-order valence-corrected chi connectivity index (χ3v) is 7.82. The molecule has 5 rings (SSSR count). The summed E-state index contributed by atoms with van der Waals surface area (Å²) in [7, 11) is 0. The lowest BCUT2D eigenvalue weighted by molar-refractivity contribution is -0.308. The molecule has 7 nitrogen and oxygen atoms in total. The van der Waals surface area contributed by atoms with Crippen LogP contribution >= 0.6 is 15.9 Å². The minimum absolute atomic E-state index is 0.176. The van der Waals surface area contributed by atoms with Crippen molar-refractivity contribution in [1.29, 1.82) is 0 Å². The molecule has 1 aromatic carbocycles. The average molecular weight is 605 g/mol. The van der Waals surface area contributed by atoms with Crippen molar-refractivity contribution in [3.63, 3.8) is 0 Å². The number of pyridine rings is 1. The standard InChI is InChI=1S/C24H19BrF6N4O3/c25-14-1-4-17-13(7-14)5-6-23(17)19(37)34(20(38)33-23)10-18(36)35(9-16-3-2-15(26)8-32-16)21(24(29,30)31)11-22(27,28)12-21/h1-4,7-8H,5-6,9-12H2,(H,33,38)/t23-/m0/s1. The first-order valence-electron chi connectivity index (χ1n) is 11.5. The van der Waals surface area contributed by atoms with E-state index in [1.807, 2.05) is 0 Å². The number of hydrogen-bond donors (Lipinski definition) is 1. The normalized spacial score (nSPS) is 23.3. The first kappa shape index (κ1) is 26.4. The highest BCUT2D eigenvalue weighted by atomic mass is 79.9. The van der Waals surface area contributed by atoms with Crippen molar-refractivity contribution in [2.45, 2.75) is 55.4 Å². The zero-order valence-corrected chi connectivity index (χ0v) is 21.0. The predicted molar refractivity (Wildman–Crippen MR) is 122 cm³/mol. The lowest BCUT2D eigenvalue weighted by atomic mass is 9.71. The summed E-state index contributed by atoms with van der Waals surface area (Å²) in [5.74, 6) is -6.67. The number of hydrogen-bond acceptors (Lipinski definition) is 4. The molecule has 4 amide bonds. The molecule has 14 heteroatoms. The summed E-state index contributed by atoms with van der Waals surface area (Å²) in [6, 6.07) is 6.01. The number of carbonyl (C=O) groups excluding carboxylic acids is 3. The van der Waals surface area contributed by atoms with Crippen LogP contribution in [-0.2, 0) is 28.1 Å². The van der Waals surface area contributed by atoms with Crippen molar-refractivity contribution >= 4 is 33.8 Å². The van der Waals surface area contributed by atoms with Gasteiger partial charge in [0.25, 0.3) is 11.8 Å². The van der Waals surface area contributed by atoms with E-state index in [-0.39, 0.29) is 17.0 Å². The maximum Gasteiger partial charge on any atom is 0.412 e. The fourth-order valence-corrected chi connectivity index (χ4v) is 5.88. The third kappa shape index (κ3) is 4.12. The Morgan fingerprint density at radius 1 is 1.16 bits per heavy atom. The molecule has 2 fully saturated rings. The van der Waals surface area contributed by atoms with Crippen LogP contribution in [0.2, 0.25) is 0 Å². The average Bonchev–Trinajstić information content (AvgIpc) is 3.28. The summed E-state index contributed by atoms with van der Waals surface area (Å²) < 4.78 is 84.4. The molecule has 3 aliphatic rings. The number of halogens is 7. The smallest absolute Gasteiger partial charge is 0.320 e. The number of nitrogens with one attached hydrogen (secondary N) is 1. The van der Waals surface area contributed by atoms with Crippen LogP contribution in [0.4, 0.5) is 31.1 Å². The van der Waals surface area contributed by atoms with E-state index in [0.717, 1.165) is 22.2 Å². The summed E-state index contributed by atoms with van der Waals surface area (Å²) in [5, 5.41) is 2.57. The van der Waals surface area contributed by atoms with Crippen LogP contribution in [0.1, 0.15) is 36.1 Å². The minimum atomic E-state index is -5.26. The van der Waals surface area contributed by atoms with Crippen LogP contribution in [0.5, 0.6) is 0 Å². The van der Waals surface area contributed by atoms with Crippen LogP contribution in [0.3, 0.4) is 0 Å². The monoisotopic (exact) mass is 604 g/mol. The first-order valence-corrected chi connectivity index (χ1v) is 12.3. The highest BCUT2D eigenvalue weighted by molar-refractivity contribution is 9.10. The number of carbonyl (C=O) groups is 3. The molecule has 2 aliphatic carbocycles. The molecule has 1 N–H and O–H groups in total. The topological polar surface area (TPSA) is 82.6 Å². The molecule has 2 aromatic rings. The molecule has 1 atom stereocenters. The summed E-state index contributed by atoms with van der Waals surface area (Å²) in [6.07, 6.45) is -7.33. The van der Waals surface area contributed by atoms with E-state index < -0.39 is 72.8 Å². The van der Waals surface area contributed by atoms with E-state index in [1.54, 1.807) is 18.2 Å². The number of urea groups is 1. The molecular formula is C24H19BrF6N4O3. The Balaban J connectivity index is 1.46. The predicted octanol–water partition coefficient (Wildman–Crippen LogP) is 4.44. The highest BCUT2D eigenvalue weighted by Gasteiger charge is 2.73. The molecule has 2 heterocycles. The van der Waals surface area contributed by atoms with Gasteiger partial charge in [0.2, 0.25) is 5.91 Å². The Hall–Kier alpha value is -3.16. The summed E-state index contributed by atoms with van der Waals surface area (Å²) in [5.41, 5.74) is -3.65. The van der Waals surface area contributed by atoms with Crippen LogP contribution in [0.15, 0.2) is 41.0 Å². The van der Waals surface area contributed by atoms with E-state index in [0.29, 0.717) is 23.1 Å². The molecule has 202 valence electrons. The Morgan fingerprint density at radius 3 is 2.47 bits per heavy atom. The van der Waals surface area contributed by atoms with Gasteiger partial charge in [-0.25, -0.2) is 18.0 Å². The van der Waals surface area contributed by atoms with Crippen molar-refractivity contribution in [3.8, 4) is 0 Å². The van der Waals surface area contributed by atoms with Crippen LogP contribution in [0, 0.1) is 5.82 Å². The van der Waals surface area contributed by atoms with E-state index >= 15 is 0 Å². The molecule has 0 bridgehead atoms. The third-order valence-electron chi connectivity index (χ3n) is 7.32. The van der Waals surface area contributed by atoms with Gasteiger partial charge in [0, 0.05) is 17.3 Å². The van der Waals surface area contributed by atoms with Gasteiger partial charge in [-0.3, -0.25) is 19.5 Å². The first-order chi connectivity index (χ1) is 17.7. The molecule has 1 aromatic heterocycles. The minimum Gasteiger partial charge on any atom is -0.320 e. The number of aromatic nitrogens is 1. The van der Waals surface area contributed by atoms with E-state index in [1.165, 1.54) is 0 Å². The number of rotatable bonds is 5. The summed E-state index contributed by atoms with van der Waals surface area (Å²) >= 11 is 3.33. The molecule has 1 saturated heterocycles. The van der Waals surface area contributed by atoms with Crippen LogP contribution in [0.25, 0.3) is 0 Å². The van der Waals surface area contributed by atoms with Gasteiger partial charge in [0.1, 0.15) is 23.4 Å². The number of alkyl halides is 5. The summed E-state index contributed by atoms with van der Waals surface area (Å²) in [4.78, 5) is 44.0. The lowest BCUT2D eigenvalue weighted by Gasteiger charge is -2.54. The Bertz CT molecular complexity index is 1330. The Kier molecular flexibility index (Phi) is 6.04. The maximum atomic E-state index is 14.2. The van der Waals surface area contributed by atoms with Gasteiger partial charge in [-0.15, -0.1) is 0 Å². The Labute approximate surface area is 220 Å². The van der Waals surface area contributed by atoms with Crippen molar-refractivity contribution < 1.29 is 40.7 Å². The Morgan fingerprint density at radius 2 is 1.87 bits per heavy atom. The lowest BCUT2D eigenvalue weighted by Crippen LogP contribution is -2.71. The van der Waals surface area contributed by atoms with Gasteiger partial charge < -0.3 is 10.2 Å². The van der Waals surface area contributed by atoms with Crippen molar-refractivity contribution in [2.75, 3.05) is 6.54 Å². The second-order valence-corrected chi connectivity index (χ2v) is 10.6.